The van der Waals surface area contributed by atoms with Gasteiger partial charge in [-0.05, 0) is 62.4 Å². The third kappa shape index (κ3) is 15.3. The fourth-order valence-electron chi connectivity index (χ4n) is 8.64. The zero-order valence-electron chi connectivity index (χ0n) is 39.1. The molecule has 3 aliphatic heterocycles. The number of nitrogens with zero attached hydrogens (tertiary/aromatic N) is 4. The Kier molecular flexibility index (Phi) is 19.5. The maximum absolute atomic E-state index is 14.6. The highest BCUT2D eigenvalue weighted by atomic mass is 33.1. The number of aromatic nitrogens is 2. The highest BCUT2D eigenvalue weighted by Gasteiger charge is 2.45. The maximum Gasteiger partial charge on any atom is 0.326 e. The average molecular weight is 1020 g/mol. The zero-order valence-corrected chi connectivity index (χ0v) is 40.7. The number of fused-ring (bicyclic) bond motifs is 2. The van der Waals surface area contributed by atoms with E-state index in [-0.39, 0.29) is 87.4 Å². The molecule has 71 heavy (non-hydrogen) atoms. The molecule has 13 N–H and O–H groups in total. The SMILES string of the molecule is CNCC(=O)N[C@@H](CCCN=C(N)N)C(=O)N1C[C@@H]2C[C@H]1C(=O)N[C@@H](Cc1ccc(O)cc1)C(=O)N[C@H](C(=O)N[C@@H](Cc1cnc[nH]1)C(=O)N1CCC[C@H]1C(=O)N[C@@H](Cc1ccccc1)C(=O)O)CSS2. The van der Waals surface area contributed by atoms with Crippen LogP contribution in [0.1, 0.15) is 48.9 Å². The molecule has 3 aromatic rings. The molecule has 8 atom stereocenters. The molecule has 3 fully saturated rings. The Morgan fingerprint density at radius 2 is 1.62 bits per heavy atom. The van der Waals surface area contributed by atoms with Crippen molar-refractivity contribution < 1.29 is 48.6 Å². The number of likely N-dealkylation sites (tertiary alicyclic amines) is 2. The molecule has 23 nitrogen and oxygen atoms in total. The van der Waals surface area contributed by atoms with Gasteiger partial charge in [-0.15, -0.1) is 0 Å². The summed E-state index contributed by atoms with van der Waals surface area (Å²) in [6.07, 6.45) is 4.08. The number of nitrogens with two attached hydrogens (primary N) is 2. The number of guanidine groups is 1. The second kappa shape index (κ2) is 25.8. The van der Waals surface area contributed by atoms with Gasteiger partial charge in [0.05, 0.1) is 12.9 Å². The van der Waals surface area contributed by atoms with Crippen LogP contribution in [0, 0.1) is 0 Å². The van der Waals surface area contributed by atoms with Crippen molar-refractivity contribution in [2.45, 2.75) is 98.9 Å². The number of benzene rings is 2. The first-order valence-electron chi connectivity index (χ1n) is 23.2. The Labute approximate surface area is 417 Å². The van der Waals surface area contributed by atoms with Crippen LogP contribution >= 0.6 is 21.6 Å². The van der Waals surface area contributed by atoms with Gasteiger partial charge in [0.25, 0.3) is 0 Å². The number of H-pyrrole nitrogens is 1. The number of aliphatic imine (C=N–C) groups is 1. The van der Waals surface area contributed by atoms with E-state index in [4.69, 9.17) is 11.5 Å². The number of aromatic hydroxyl groups is 1. The van der Waals surface area contributed by atoms with Gasteiger partial charge in [0, 0.05) is 61.8 Å². The number of aliphatic carboxylic acids is 1. The first-order valence-corrected chi connectivity index (χ1v) is 25.6. The molecule has 4 heterocycles. The lowest BCUT2D eigenvalue weighted by atomic mass is 10.0. The number of amides is 7. The summed E-state index contributed by atoms with van der Waals surface area (Å²) in [6, 6.07) is 6.55. The molecule has 382 valence electrons. The number of hydrogen-bond donors (Lipinski definition) is 11. The van der Waals surface area contributed by atoms with Crippen LogP contribution in [0.5, 0.6) is 5.75 Å². The summed E-state index contributed by atoms with van der Waals surface area (Å²) in [5.41, 5.74) is 12.7. The lowest BCUT2D eigenvalue weighted by Crippen LogP contribution is -2.60. The minimum atomic E-state index is -1.30. The summed E-state index contributed by atoms with van der Waals surface area (Å²) in [5, 5.41) is 36.2. The number of nitrogens with one attached hydrogen (secondary N) is 7. The Balaban J connectivity index is 1.23. The fourth-order valence-corrected chi connectivity index (χ4v) is 11.4. The second-order valence-corrected chi connectivity index (χ2v) is 20.2. The van der Waals surface area contributed by atoms with E-state index in [9.17, 15) is 48.6 Å². The lowest BCUT2D eigenvalue weighted by Gasteiger charge is -2.31. The normalized spacial score (nSPS) is 21.5. The van der Waals surface area contributed by atoms with E-state index in [1.165, 1.54) is 56.0 Å². The minimum Gasteiger partial charge on any atom is -0.508 e. The van der Waals surface area contributed by atoms with Gasteiger partial charge in [0.15, 0.2) is 5.96 Å². The second-order valence-electron chi connectivity index (χ2n) is 17.5. The van der Waals surface area contributed by atoms with E-state index >= 15 is 0 Å². The van der Waals surface area contributed by atoms with Crippen LogP contribution in [0.3, 0.4) is 0 Å². The fraction of sp³-hybridized carbons (Fsp3) is 0.478. The first kappa shape index (κ1) is 53.5. The number of phenols is 1. The van der Waals surface area contributed by atoms with E-state index < -0.39 is 89.6 Å². The number of carbonyl (C=O) groups excluding carboxylic acids is 7. The standard InChI is InChI=1S/C46H61N13O10S2/c1-49-22-38(61)53-31(9-5-15-51-46(47)48)43(66)59-23-30-20-37(59)42(65)54-32(17-27-11-13-29(60)14-12-27)39(62)57-35(24-70-71-30)40(63)55-33(19-28-21-50-25-52-28)44(67)58-16-6-10-36(58)41(64)56-34(45(68)69)18-26-7-3-2-4-8-26/h2-4,7-8,11-14,21,25,30-37,49,60H,5-6,9-10,15-20,22-24H2,1H3,(H,50,52)(H,53,61)(H,54,65)(H,55,63)(H,56,64)(H,57,62)(H,68,69)(H4,47,48,51)/t30-,31-,32-,33-,34-,35-,36-,37-/m0/s1. The molecule has 3 saturated heterocycles. The van der Waals surface area contributed by atoms with Crippen molar-refractivity contribution in [2.24, 2.45) is 16.5 Å². The first-order chi connectivity index (χ1) is 34.1. The average Bonchev–Trinajstić information content (AvgIpc) is 4.14. The number of phenolic OH excluding ortho intramolecular Hbond substituents is 1. The molecule has 7 amide bonds. The van der Waals surface area contributed by atoms with Crippen LogP contribution in [0.15, 0.2) is 72.1 Å². The van der Waals surface area contributed by atoms with E-state index in [2.05, 4.69) is 46.9 Å². The predicted octanol–water partition coefficient (Wildman–Crippen LogP) is -1.72. The molecule has 25 heteroatoms. The molecule has 2 aromatic carbocycles. The highest BCUT2D eigenvalue weighted by Crippen LogP contribution is 2.37. The van der Waals surface area contributed by atoms with Crippen LogP contribution in [0.4, 0.5) is 0 Å². The lowest BCUT2D eigenvalue weighted by molar-refractivity contribution is -0.145. The van der Waals surface area contributed by atoms with Gasteiger partial charge in [0.1, 0.15) is 48.0 Å². The van der Waals surface area contributed by atoms with E-state index in [0.29, 0.717) is 29.7 Å². The number of hydrogen-bond acceptors (Lipinski definition) is 14. The largest absolute Gasteiger partial charge is 0.508 e. The number of carbonyl (C=O) groups is 8. The number of aromatic amines is 1. The van der Waals surface area contributed by atoms with E-state index in [0.717, 1.165) is 0 Å². The Hall–Kier alpha value is -6.86. The summed E-state index contributed by atoms with van der Waals surface area (Å²) in [7, 11) is 4.13. The van der Waals surface area contributed by atoms with Crippen molar-refractivity contribution in [1.82, 2.24) is 51.7 Å². The van der Waals surface area contributed by atoms with Gasteiger partial charge in [-0.25, -0.2) is 9.78 Å². The number of carboxylic acids is 1. The Morgan fingerprint density at radius 1 is 0.887 bits per heavy atom. The molecule has 0 saturated carbocycles. The maximum atomic E-state index is 14.6. The van der Waals surface area contributed by atoms with Crippen molar-refractivity contribution in [1.29, 1.82) is 0 Å². The summed E-state index contributed by atoms with van der Waals surface area (Å²) >= 11 is 0. The van der Waals surface area contributed by atoms with Gasteiger partial charge in [-0.2, -0.15) is 0 Å². The molecule has 0 unspecified atom stereocenters. The van der Waals surface area contributed by atoms with Gasteiger partial charge in [-0.1, -0.05) is 64.1 Å². The predicted molar refractivity (Wildman–Crippen MR) is 264 cm³/mol. The van der Waals surface area contributed by atoms with Gasteiger partial charge < -0.3 is 68.4 Å². The number of rotatable bonds is 20. The zero-order chi connectivity index (χ0) is 51.0. The van der Waals surface area contributed by atoms with Crippen molar-refractivity contribution in [2.75, 3.05) is 39.0 Å². The highest BCUT2D eigenvalue weighted by molar-refractivity contribution is 8.77. The summed E-state index contributed by atoms with van der Waals surface area (Å²) in [4.78, 5) is 125. The van der Waals surface area contributed by atoms with Crippen molar-refractivity contribution in [3.63, 3.8) is 0 Å². The van der Waals surface area contributed by atoms with Crippen LogP contribution in [-0.4, -0.2) is 170 Å². The summed E-state index contributed by atoms with van der Waals surface area (Å²) < 4.78 is 0. The topological polar surface area (TPSA) is 349 Å². The Morgan fingerprint density at radius 3 is 2.31 bits per heavy atom. The third-order valence-corrected chi connectivity index (χ3v) is 15.0. The minimum absolute atomic E-state index is 0.0157. The smallest absolute Gasteiger partial charge is 0.326 e. The number of likely N-dealkylation sites (N-methyl/N-ethyl adjacent to an activating group) is 1. The summed E-state index contributed by atoms with van der Waals surface area (Å²) in [6.45, 7) is 0.357. The van der Waals surface area contributed by atoms with Crippen molar-refractivity contribution in [3.05, 3.63) is 83.9 Å². The van der Waals surface area contributed by atoms with Crippen molar-refractivity contribution >= 4 is 74.9 Å². The molecular weight excluding hydrogens is 959 g/mol. The molecule has 0 spiro atoms. The molecule has 0 aliphatic carbocycles. The monoisotopic (exact) mass is 1020 g/mol. The molecule has 0 radical (unpaired) electrons. The third-order valence-electron chi connectivity index (χ3n) is 12.2. The van der Waals surface area contributed by atoms with Crippen LogP contribution in [0.25, 0.3) is 0 Å². The van der Waals surface area contributed by atoms with Crippen LogP contribution in [0.2, 0.25) is 0 Å². The number of carboxylic acid groups (broad SMARTS) is 1. The van der Waals surface area contributed by atoms with Gasteiger partial charge >= 0.3 is 5.97 Å². The van der Waals surface area contributed by atoms with Crippen molar-refractivity contribution in [3.8, 4) is 5.75 Å². The number of imidazole rings is 1. The van der Waals surface area contributed by atoms with Gasteiger partial charge in [0.2, 0.25) is 41.4 Å². The van der Waals surface area contributed by atoms with Gasteiger partial charge in [-0.3, -0.25) is 38.6 Å². The summed E-state index contributed by atoms with van der Waals surface area (Å²) in [5.74, 6) is -5.79. The molecule has 2 bridgehead atoms. The molecule has 1 aromatic heterocycles. The van der Waals surface area contributed by atoms with E-state index in [1.54, 1.807) is 49.5 Å². The van der Waals surface area contributed by atoms with Crippen LogP contribution < -0.4 is 43.4 Å². The molecule has 6 rings (SSSR count). The molecular formula is C46H61N13O10S2. The Bertz CT molecular complexity index is 2380. The quantitative estimate of drug-likeness (QED) is 0.0260. The van der Waals surface area contributed by atoms with Crippen LogP contribution in [-0.2, 0) is 57.6 Å². The molecule has 3 aliphatic rings. The van der Waals surface area contributed by atoms with E-state index in [1.807, 2.05) is 0 Å².